The predicted octanol–water partition coefficient (Wildman–Crippen LogP) is 4.43. The summed E-state index contributed by atoms with van der Waals surface area (Å²) in [4.78, 5) is 25.2. The zero-order valence-electron chi connectivity index (χ0n) is 15.6. The molecule has 0 aliphatic carbocycles. The van der Waals surface area contributed by atoms with Crippen LogP contribution in [0.25, 0.3) is 0 Å². The molecular weight excluding hydrogens is 435 g/mol. The van der Waals surface area contributed by atoms with Gasteiger partial charge >= 0.3 is 0 Å². The van der Waals surface area contributed by atoms with Crippen LogP contribution >= 0.6 is 34.8 Å². The number of primary amides is 1. The first-order chi connectivity index (χ1) is 13.8. The summed E-state index contributed by atoms with van der Waals surface area (Å²) < 4.78 is 5.49. The van der Waals surface area contributed by atoms with Gasteiger partial charge in [0.2, 0.25) is 11.8 Å². The topological polar surface area (TPSA) is 81.4 Å². The van der Waals surface area contributed by atoms with Crippen LogP contribution in [0.5, 0.6) is 0 Å². The lowest BCUT2D eigenvalue weighted by Gasteiger charge is -2.38. The molecule has 8 heteroatoms. The second kappa shape index (κ2) is 9.35. The third-order valence-corrected chi connectivity index (χ3v) is 6.01. The molecular formula is C21H21Cl3N2O3. The van der Waals surface area contributed by atoms with E-state index in [2.05, 4.69) is 5.32 Å². The van der Waals surface area contributed by atoms with Crippen LogP contribution in [0.4, 0.5) is 0 Å². The molecule has 1 aliphatic rings. The minimum absolute atomic E-state index is 0.0334. The van der Waals surface area contributed by atoms with E-state index >= 15 is 0 Å². The minimum atomic E-state index is -0.887. The number of halogens is 3. The van der Waals surface area contributed by atoms with Crippen molar-refractivity contribution < 1.29 is 14.3 Å². The van der Waals surface area contributed by atoms with Crippen LogP contribution in [0, 0.1) is 0 Å². The zero-order chi connectivity index (χ0) is 21.0. The molecule has 0 bridgehead atoms. The normalized spacial score (nSPS) is 16.8. The molecule has 5 nitrogen and oxygen atoms in total. The average molecular weight is 456 g/mol. The highest BCUT2D eigenvalue weighted by Crippen LogP contribution is 2.40. The first-order valence-electron chi connectivity index (χ1n) is 9.20. The maximum atomic E-state index is 13.6. The highest BCUT2D eigenvalue weighted by Gasteiger charge is 2.43. The molecule has 0 unspecified atom stereocenters. The van der Waals surface area contributed by atoms with Gasteiger partial charge in [-0.1, -0.05) is 53.0 Å². The second-order valence-corrected chi connectivity index (χ2v) is 8.35. The monoisotopic (exact) mass is 454 g/mol. The van der Waals surface area contributed by atoms with Crippen molar-refractivity contribution in [2.75, 3.05) is 13.2 Å². The molecule has 1 atom stereocenters. The molecule has 3 rings (SSSR count). The van der Waals surface area contributed by atoms with E-state index in [0.717, 1.165) is 5.56 Å². The van der Waals surface area contributed by atoms with E-state index in [1.807, 2.05) is 0 Å². The van der Waals surface area contributed by atoms with E-state index in [1.165, 1.54) is 0 Å². The van der Waals surface area contributed by atoms with Gasteiger partial charge in [0.25, 0.3) is 0 Å². The first-order valence-corrected chi connectivity index (χ1v) is 10.3. The Hall–Kier alpha value is -1.79. The quantitative estimate of drug-likeness (QED) is 0.676. The van der Waals surface area contributed by atoms with Crippen LogP contribution in [-0.2, 0) is 19.7 Å². The van der Waals surface area contributed by atoms with Crippen molar-refractivity contribution >= 4 is 46.6 Å². The molecule has 1 aliphatic heterocycles. The summed E-state index contributed by atoms with van der Waals surface area (Å²) in [6, 6.07) is 11.5. The Kier molecular flexibility index (Phi) is 7.06. The highest BCUT2D eigenvalue weighted by atomic mass is 35.5. The lowest BCUT2D eigenvalue weighted by Crippen LogP contribution is -2.49. The molecule has 2 aromatic carbocycles. The Balaban J connectivity index is 1.95. The molecule has 1 heterocycles. The Morgan fingerprint density at radius 3 is 2.24 bits per heavy atom. The van der Waals surface area contributed by atoms with Crippen LogP contribution in [0.1, 0.15) is 36.4 Å². The third-order valence-electron chi connectivity index (χ3n) is 5.21. The summed E-state index contributed by atoms with van der Waals surface area (Å²) >= 11 is 18.5. The van der Waals surface area contributed by atoms with Crippen molar-refractivity contribution in [3.05, 3.63) is 68.7 Å². The molecule has 0 radical (unpaired) electrons. The van der Waals surface area contributed by atoms with Gasteiger partial charge in [-0.2, -0.15) is 0 Å². The van der Waals surface area contributed by atoms with Gasteiger partial charge in [0.1, 0.15) is 0 Å². The molecule has 0 saturated carbocycles. The van der Waals surface area contributed by atoms with Gasteiger partial charge < -0.3 is 15.8 Å². The van der Waals surface area contributed by atoms with Gasteiger partial charge in [0, 0.05) is 28.3 Å². The van der Waals surface area contributed by atoms with Crippen molar-refractivity contribution in [3.63, 3.8) is 0 Å². The molecule has 29 heavy (non-hydrogen) atoms. The summed E-state index contributed by atoms with van der Waals surface area (Å²) in [5.41, 5.74) is 5.98. The van der Waals surface area contributed by atoms with E-state index in [0.29, 0.717) is 46.7 Å². The van der Waals surface area contributed by atoms with Crippen molar-refractivity contribution in [2.45, 2.75) is 30.7 Å². The fourth-order valence-electron chi connectivity index (χ4n) is 3.66. The maximum Gasteiger partial charge on any atom is 0.231 e. The summed E-state index contributed by atoms with van der Waals surface area (Å²) in [6.45, 7) is 0.849. The Labute approximate surface area is 184 Å². The van der Waals surface area contributed by atoms with Crippen molar-refractivity contribution in [2.24, 2.45) is 5.73 Å². The van der Waals surface area contributed by atoms with Crippen molar-refractivity contribution in [1.29, 1.82) is 0 Å². The number of carbonyl (C=O) groups excluding carboxylic acids is 2. The van der Waals surface area contributed by atoms with Crippen molar-refractivity contribution in [1.82, 2.24) is 5.32 Å². The average Bonchev–Trinajstić information content (AvgIpc) is 2.68. The number of ether oxygens (including phenoxy) is 1. The summed E-state index contributed by atoms with van der Waals surface area (Å²) in [7, 11) is 0. The minimum Gasteiger partial charge on any atom is -0.381 e. The van der Waals surface area contributed by atoms with Crippen LogP contribution in [0.15, 0.2) is 42.5 Å². The standard InChI is InChI=1S/C21H21Cl3N2O3/c22-14-3-1-13(2-4-14)18(12-19(25)27)26-20(28)21(7-9-29-10-8-21)16-6-5-15(23)11-17(16)24/h1-6,11,18H,7-10,12H2,(H2,25,27)(H,26,28)/t18-/m0/s1. The second-order valence-electron chi connectivity index (χ2n) is 7.07. The van der Waals surface area contributed by atoms with E-state index < -0.39 is 17.4 Å². The SMILES string of the molecule is NC(=O)C[C@H](NC(=O)C1(c2ccc(Cl)cc2Cl)CCOCC1)c1ccc(Cl)cc1. The van der Waals surface area contributed by atoms with Crippen LogP contribution in [0.3, 0.4) is 0 Å². The zero-order valence-corrected chi connectivity index (χ0v) is 17.9. The molecule has 154 valence electrons. The molecule has 1 saturated heterocycles. The molecule has 0 spiro atoms. The van der Waals surface area contributed by atoms with Crippen molar-refractivity contribution in [3.8, 4) is 0 Å². The van der Waals surface area contributed by atoms with E-state index in [9.17, 15) is 9.59 Å². The van der Waals surface area contributed by atoms with Crippen LogP contribution in [-0.4, -0.2) is 25.0 Å². The maximum absolute atomic E-state index is 13.6. The van der Waals surface area contributed by atoms with Crippen LogP contribution in [0.2, 0.25) is 15.1 Å². The molecule has 2 amide bonds. The number of nitrogens with two attached hydrogens (primary N) is 1. The first kappa shape index (κ1) is 21.9. The number of carbonyl (C=O) groups is 2. The van der Waals surface area contributed by atoms with Gasteiger partial charge in [-0.05, 0) is 48.2 Å². The fraction of sp³-hybridized carbons (Fsp3) is 0.333. The molecule has 3 N–H and O–H groups in total. The molecule has 1 fully saturated rings. The van der Waals surface area contributed by atoms with Gasteiger partial charge in [-0.25, -0.2) is 0 Å². The largest absolute Gasteiger partial charge is 0.381 e. The summed E-state index contributed by atoms with van der Waals surface area (Å²) in [5.74, 6) is -0.748. The van der Waals surface area contributed by atoms with E-state index in [1.54, 1.807) is 42.5 Å². The lowest BCUT2D eigenvalue weighted by molar-refractivity contribution is -0.131. The van der Waals surface area contributed by atoms with Gasteiger partial charge in [-0.3, -0.25) is 9.59 Å². The fourth-order valence-corrected chi connectivity index (χ4v) is 4.38. The third kappa shape index (κ3) is 5.04. The Morgan fingerprint density at radius 1 is 1.03 bits per heavy atom. The van der Waals surface area contributed by atoms with Gasteiger partial charge in [0.15, 0.2) is 0 Å². The molecule has 2 aromatic rings. The number of hydrogen-bond acceptors (Lipinski definition) is 3. The Morgan fingerprint density at radius 2 is 1.66 bits per heavy atom. The number of benzene rings is 2. The number of nitrogens with one attached hydrogen (secondary N) is 1. The van der Waals surface area contributed by atoms with Gasteiger partial charge in [-0.15, -0.1) is 0 Å². The predicted molar refractivity (Wildman–Crippen MR) is 114 cm³/mol. The smallest absolute Gasteiger partial charge is 0.231 e. The summed E-state index contributed by atoms with van der Waals surface area (Å²) in [5, 5.41) is 4.48. The molecule has 0 aromatic heterocycles. The van der Waals surface area contributed by atoms with E-state index in [-0.39, 0.29) is 12.3 Å². The highest BCUT2D eigenvalue weighted by molar-refractivity contribution is 6.35. The number of hydrogen-bond donors (Lipinski definition) is 2. The summed E-state index contributed by atoms with van der Waals surface area (Å²) in [6.07, 6.45) is 0.891. The van der Waals surface area contributed by atoms with Gasteiger partial charge in [0.05, 0.1) is 17.9 Å². The number of amides is 2. The van der Waals surface area contributed by atoms with E-state index in [4.69, 9.17) is 45.3 Å². The lowest BCUT2D eigenvalue weighted by atomic mass is 9.73. The Bertz CT molecular complexity index is 897. The van der Waals surface area contributed by atoms with Crippen LogP contribution < -0.4 is 11.1 Å². The number of rotatable bonds is 6.